The summed E-state index contributed by atoms with van der Waals surface area (Å²) in [5.74, 6) is 0.278. The molecule has 3 atom stereocenters. The van der Waals surface area contributed by atoms with Crippen molar-refractivity contribution in [1.82, 2.24) is 0 Å². The molecule has 0 aromatic rings. The summed E-state index contributed by atoms with van der Waals surface area (Å²) in [5.41, 5.74) is 0. The molecule has 1 aliphatic heterocycles. The van der Waals surface area contributed by atoms with Crippen LogP contribution in [0.1, 0.15) is 71.1 Å². The summed E-state index contributed by atoms with van der Waals surface area (Å²) in [4.78, 5) is 10.4. The molecule has 0 radical (unpaired) electrons. The van der Waals surface area contributed by atoms with Gasteiger partial charge in [-0.3, -0.25) is 4.79 Å². The van der Waals surface area contributed by atoms with Gasteiger partial charge in [0.1, 0.15) is 0 Å². The number of carboxylic acid groups (broad SMARTS) is 1. The lowest BCUT2D eigenvalue weighted by Crippen LogP contribution is -2.11. The molecule has 0 aliphatic carbocycles. The minimum absolute atomic E-state index is 0.286. The van der Waals surface area contributed by atoms with Gasteiger partial charge in [-0.05, 0) is 25.2 Å². The highest BCUT2D eigenvalue weighted by Crippen LogP contribution is 2.27. The second-order valence-electron chi connectivity index (χ2n) is 6.76. The van der Waals surface area contributed by atoms with E-state index in [-0.39, 0.29) is 12.5 Å². The van der Waals surface area contributed by atoms with Crippen molar-refractivity contribution in [2.24, 2.45) is 11.8 Å². The van der Waals surface area contributed by atoms with Gasteiger partial charge in [0.2, 0.25) is 0 Å². The average Bonchev–Trinajstić information content (AvgIpc) is 2.96. The lowest BCUT2D eigenvalue weighted by atomic mass is 9.90. The van der Waals surface area contributed by atoms with E-state index in [1.807, 2.05) is 6.08 Å². The first-order chi connectivity index (χ1) is 11.1. The fraction of sp³-hybridized carbons (Fsp3) is 0.842. The summed E-state index contributed by atoms with van der Waals surface area (Å²) in [6, 6.07) is 0. The summed E-state index contributed by atoms with van der Waals surface area (Å²) in [7, 11) is 0. The number of rotatable bonds is 13. The number of hydrogen-bond acceptors (Lipinski definition) is 3. The van der Waals surface area contributed by atoms with Gasteiger partial charge in [0.25, 0.3) is 0 Å². The van der Waals surface area contributed by atoms with Crippen molar-refractivity contribution in [3.63, 3.8) is 0 Å². The van der Waals surface area contributed by atoms with Crippen LogP contribution in [0.4, 0.5) is 0 Å². The number of aliphatic hydroxyl groups excluding tert-OH is 1. The maximum absolute atomic E-state index is 10.4. The van der Waals surface area contributed by atoms with Crippen LogP contribution < -0.4 is 0 Å². The van der Waals surface area contributed by atoms with Crippen LogP contribution in [0.5, 0.6) is 0 Å². The predicted octanol–water partition coefficient (Wildman–Crippen LogP) is 4.17. The number of carboxylic acids is 1. The Morgan fingerprint density at radius 2 is 1.96 bits per heavy atom. The Kier molecular flexibility index (Phi) is 11.0. The number of unbranched alkanes of at least 4 members (excludes halogenated alkanes) is 5. The van der Waals surface area contributed by atoms with Crippen molar-refractivity contribution in [2.45, 2.75) is 77.2 Å². The van der Waals surface area contributed by atoms with Crippen molar-refractivity contribution in [1.29, 1.82) is 0 Å². The summed E-state index contributed by atoms with van der Waals surface area (Å²) in [6.45, 7) is 3.75. The topological polar surface area (TPSA) is 66.8 Å². The molecule has 1 fully saturated rings. The predicted molar refractivity (Wildman–Crippen MR) is 92.4 cm³/mol. The number of aliphatic hydroxyl groups is 1. The molecule has 0 aromatic heterocycles. The Morgan fingerprint density at radius 3 is 2.70 bits per heavy atom. The first kappa shape index (κ1) is 20.2. The van der Waals surface area contributed by atoms with E-state index in [2.05, 4.69) is 13.0 Å². The molecule has 1 aliphatic rings. The van der Waals surface area contributed by atoms with Gasteiger partial charge < -0.3 is 14.9 Å². The normalized spacial score (nSPS) is 22.7. The summed E-state index contributed by atoms with van der Waals surface area (Å²) >= 11 is 0. The first-order valence-corrected chi connectivity index (χ1v) is 9.29. The Hall–Kier alpha value is -0.870. The van der Waals surface area contributed by atoms with Crippen LogP contribution in [0.2, 0.25) is 0 Å². The third kappa shape index (κ3) is 9.77. The third-order valence-corrected chi connectivity index (χ3v) is 4.65. The summed E-state index contributed by atoms with van der Waals surface area (Å²) in [5, 5.41) is 18.6. The molecule has 0 amide bonds. The number of hydrogen-bond donors (Lipinski definition) is 2. The van der Waals surface area contributed by atoms with Gasteiger partial charge in [0, 0.05) is 12.3 Å². The highest BCUT2D eigenvalue weighted by atomic mass is 16.5. The van der Waals surface area contributed by atoms with Gasteiger partial charge in [-0.25, -0.2) is 0 Å². The zero-order chi connectivity index (χ0) is 16.9. The van der Waals surface area contributed by atoms with Crippen LogP contribution in [-0.2, 0) is 9.53 Å². The smallest absolute Gasteiger partial charge is 0.303 e. The number of ether oxygens (including phenoxy) is 1. The van der Waals surface area contributed by atoms with E-state index in [1.165, 1.54) is 12.8 Å². The molecule has 134 valence electrons. The van der Waals surface area contributed by atoms with E-state index in [4.69, 9.17) is 9.84 Å². The van der Waals surface area contributed by atoms with Gasteiger partial charge >= 0.3 is 5.97 Å². The van der Waals surface area contributed by atoms with Crippen LogP contribution >= 0.6 is 0 Å². The van der Waals surface area contributed by atoms with Gasteiger partial charge in [-0.2, -0.15) is 0 Å². The van der Waals surface area contributed by atoms with E-state index in [9.17, 15) is 9.90 Å². The zero-order valence-corrected chi connectivity index (χ0v) is 14.6. The summed E-state index contributed by atoms with van der Waals surface area (Å²) in [6.07, 6.45) is 13.5. The van der Waals surface area contributed by atoms with E-state index in [0.29, 0.717) is 11.8 Å². The lowest BCUT2D eigenvalue weighted by Gasteiger charge is -2.14. The van der Waals surface area contributed by atoms with Crippen molar-refractivity contribution >= 4 is 5.97 Å². The third-order valence-electron chi connectivity index (χ3n) is 4.65. The Balaban J connectivity index is 2.16. The molecule has 1 unspecified atom stereocenters. The lowest BCUT2D eigenvalue weighted by molar-refractivity contribution is -0.137. The molecule has 1 heterocycles. The maximum Gasteiger partial charge on any atom is 0.303 e. The Labute approximate surface area is 140 Å². The molecule has 0 saturated carbocycles. The van der Waals surface area contributed by atoms with Gasteiger partial charge in [0.15, 0.2) is 0 Å². The highest BCUT2D eigenvalue weighted by Gasteiger charge is 2.25. The molecule has 0 aromatic carbocycles. The minimum atomic E-state index is -0.697. The fourth-order valence-corrected chi connectivity index (χ4v) is 3.13. The number of aliphatic carboxylic acids is 1. The van der Waals surface area contributed by atoms with Gasteiger partial charge in [-0.15, -0.1) is 0 Å². The van der Waals surface area contributed by atoms with Crippen LogP contribution in [-0.4, -0.2) is 35.5 Å². The Morgan fingerprint density at radius 1 is 1.17 bits per heavy atom. The van der Waals surface area contributed by atoms with Crippen molar-refractivity contribution in [3.05, 3.63) is 12.2 Å². The molecule has 4 nitrogen and oxygen atoms in total. The van der Waals surface area contributed by atoms with Crippen LogP contribution in [0.25, 0.3) is 0 Å². The maximum atomic E-state index is 10.4. The van der Waals surface area contributed by atoms with Crippen molar-refractivity contribution in [3.8, 4) is 0 Å². The van der Waals surface area contributed by atoms with Gasteiger partial charge in [-0.1, -0.05) is 57.6 Å². The summed E-state index contributed by atoms with van der Waals surface area (Å²) < 4.78 is 5.60. The van der Waals surface area contributed by atoms with Crippen molar-refractivity contribution in [2.75, 3.05) is 13.2 Å². The average molecular weight is 326 g/mol. The molecule has 1 rings (SSSR count). The highest BCUT2D eigenvalue weighted by molar-refractivity contribution is 5.66. The molecule has 4 heteroatoms. The fourth-order valence-electron chi connectivity index (χ4n) is 3.13. The largest absolute Gasteiger partial charge is 0.481 e. The molecule has 0 bridgehead atoms. The second-order valence-corrected chi connectivity index (χ2v) is 6.76. The minimum Gasteiger partial charge on any atom is -0.481 e. The molecular weight excluding hydrogens is 292 g/mol. The number of carbonyl (C=O) groups is 1. The van der Waals surface area contributed by atoms with E-state index in [0.717, 1.165) is 58.2 Å². The molecule has 23 heavy (non-hydrogen) atoms. The monoisotopic (exact) mass is 326 g/mol. The van der Waals surface area contributed by atoms with Crippen LogP contribution in [0.3, 0.4) is 0 Å². The molecule has 2 N–H and O–H groups in total. The van der Waals surface area contributed by atoms with E-state index in [1.54, 1.807) is 0 Å². The van der Waals surface area contributed by atoms with Crippen LogP contribution in [0, 0.1) is 11.8 Å². The molecule has 0 spiro atoms. The standard InChI is InChI=1S/C19H34O4/c1-2-3-6-10-18(20)13-12-17-15-23-14-16(17)9-7-4-5-8-11-19(21)22/h12-13,16-18,20H,2-11,14-15H2,1H3,(H,21,22)/b13-12+/t16-,17+,18?/m0/s1. The SMILES string of the molecule is CCCCCC(O)/C=C/[C@@H]1COC[C@@H]1CCCCCCC(=O)O. The van der Waals surface area contributed by atoms with Crippen LogP contribution in [0.15, 0.2) is 12.2 Å². The van der Waals surface area contributed by atoms with Crippen molar-refractivity contribution < 1.29 is 19.7 Å². The second kappa shape index (κ2) is 12.5. The molecular formula is C19H34O4. The molecule has 1 saturated heterocycles. The van der Waals surface area contributed by atoms with Gasteiger partial charge in [0.05, 0.1) is 19.3 Å². The first-order valence-electron chi connectivity index (χ1n) is 9.29. The zero-order valence-electron chi connectivity index (χ0n) is 14.6. The Bertz CT molecular complexity index is 340. The quantitative estimate of drug-likeness (QED) is 0.394. The van der Waals surface area contributed by atoms with E-state index >= 15 is 0 Å². The van der Waals surface area contributed by atoms with E-state index < -0.39 is 5.97 Å².